The van der Waals surface area contributed by atoms with Crippen LogP contribution in [0.1, 0.15) is 17.2 Å². The number of benzene rings is 1. The Hall–Kier alpha value is -1.55. The molecule has 0 aromatic heterocycles. The van der Waals surface area contributed by atoms with Crippen molar-refractivity contribution in [3.05, 3.63) is 35.4 Å². The molecule has 1 aromatic carbocycles. The Kier molecular flexibility index (Phi) is 2.87. The quantitative estimate of drug-likeness (QED) is 0.809. The summed E-state index contributed by atoms with van der Waals surface area (Å²) in [4.78, 5) is 4.22. The minimum absolute atomic E-state index is 0.0105. The third-order valence-corrected chi connectivity index (χ3v) is 2.39. The van der Waals surface area contributed by atoms with Crippen molar-refractivity contribution in [3.8, 4) is 0 Å². The molecule has 2 N–H and O–H groups in total. The summed E-state index contributed by atoms with van der Waals surface area (Å²) < 4.78 is 10.3. The third kappa shape index (κ3) is 2.10. The summed E-state index contributed by atoms with van der Waals surface area (Å²) in [7, 11) is 1.68. The standard InChI is InChI=1S/C11H14N2O2/c1-14-6-8-4-2-3-5-9(8)10-7-15-11(12)13-10/h2-5,10H,6-7H2,1H3,(H2,12,13). The van der Waals surface area contributed by atoms with Gasteiger partial charge < -0.3 is 15.2 Å². The molecule has 1 aromatic rings. The second kappa shape index (κ2) is 4.31. The molecule has 0 bridgehead atoms. The second-order valence-corrected chi connectivity index (χ2v) is 3.43. The van der Waals surface area contributed by atoms with E-state index in [4.69, 9.17) is 15.2 Å². The number of nitrogens with two attached hydrogens (primary N) is 1. The van der Waals surface area contributed by atoms with Gasteiger partial charge in [-0.15, -0.1) is 0 Å². The smallest absolute Gasteiger partial charge is 0.282 e. The van der Waals surface area contributed by atoms with Crippen molar-refractivity contribution >= 4 is 6.02 Å². The number of ether oxygens (including phenoxy) is 2. The van der Waals surface area contributed by atoms with Crippen LogP contribution >= 0.6 is 0 Å². The maximum absolute atomic E-state index is 5.48. The van der Waals surface area contributed by atoms with Gasteiger partial charge in [-0.05, 0) is 11.1 Å². The largest absolute Gasteiger partial charge is 0.463 e. The lowest BCUT2D eigenvalue weighted by atomic mass is 10.0. The van der Waals surface area contributed by atoms with Crippen LogP contribution in [0, 0.1) is 0 Å². The molecule has 1 aliphatic rings. The lowest BCUT2D eigenvalue weighted by Crippen LogP contribution is -2.10. The van der Waals surface area contributed by atoms with Gasteiger partial charge in [0, 0.05) is 7.11 Å². The molecule has 0 amide bonds. The fourth-order valence-electron chi connectivity index (χ4n) is 1.70. The molecule has 2 rings (SSSR count). The number of methoxy groups -OCH3 is 1. The first-order valence-electron chi connectivity index (χ1n) is 4.84. The summed E-state index contributed by atoms with van der Waals surface area (Å²) in [6, 6.07) is 8.32. The van der Waals surface area contributed by atoms with Crippen LogP contribution < -0.4 is 5.73 Å². The number of hydrogen-bond acceptors (Lipinski definition) is 4. The molecule has 1 aliphatic heterocycles. The average molecular weight is 206 g/mol. The van der Waals surface area contributed by atoms with Gasteiger partial charge in [0.1, 0.15) is 12.6 Å². The molecular formula is C11H14N2O2. The highest BCUT2D eigenvalue weighted by Crippen LogP contribution is 2.25. The SMILES string of the molecule is COCc1ccccc1C1COC(N)=N1. The van der Waals surface area contributed by atoms with Gasteiger partial charge in [-0.2, -0.15) is 0 Å². The molecule has 1 unspecified atom stereocenters. The van der Waals surface area contributed by atoms with Gasteiger partial charge in [0.2, 0.25) is 0 Å². The van der Waals surface area contributed by atoms with Crippen molar-refractivity contribution in [3.63, 3.8) is 0 Å². The van der Waals surface area contributed by atoms with Crippen molar-refractivity contribution in [2.24, 2.45) is 10.7 Å². The first-order valence-corrected chi connectivity index (χ1v) is 4.84. The van der Waals surface area contributed by atoms with Crippen LogP contribution in [0.5, 0.6) is 0 Å². The number of nitrogens with zero attached hydrogens (tertiary/aromatic N) is 1. The molecule has 4 heteroatoms. The van der Waals surface area contributed by atoms with Crippen LogP contribution in [-0.4, -0.2) is 19.7 Å². The van der Waals surface area contributed by atoms with Crippen molar-refractivity contribution < 1.29 is 9.47 Å². The zero-order valence-electron chi connectivity index (χ0n) is 8.64. The molecule has 1 heterocycles. The molecule has 0 aliphatic carbocycles. The molecule has 80 valence electrons. The van der Waals surface area contributed by atoms with Gasteiger partial charge in [0.25, 0.3) is 6.02 Å². The maximum Gasteiger partial charge on any atom is 0.282 e. The molecule has 0 spiro atoms. The van der Waals surface area contributed by atoms with Crippen LogP contribution in [0.2, 0.25) is 0 Å². The summed E-state index contributed by atoms with van der Waals surface area (Å²) in [5.74, 6) is 0. The van der Waals surface area contributed by atoms with E-state index >= 15 is 0 Å². The van der Waals surface area contributed by atoms with Crippen LogP contribution in [0.3, 0.4) is 0 Å². The highest BCUT2D eigenvalue weighted by atomic mass is 16.5. The Morgan fingerprint density at radius 2 is 2.33 bits per heavy atom. The number of amidine groups is 1. The topological polar surface area (TPSA) is 56.8 Å². The van der Waals surface area contributed by atoms with Crippen molar-refractivity contribution in [1.29, 1.82) is 0 Å². The van der Waals surface area contributed by atoms with Crippen LogP contribution in [0.25, 0.3) is 0 Å². The highest BCUT2D eigenvalue weighted by molar-refractivity contribution is 5.73. The molecule has 4 nitrogen and oxygen atoms in total. The van der Waals surface area contributed by atoms with Crippen molar-refractivity contribution in [1.82, 2.24) is 0 Å². The minimum atomic E-state index is 0.0105. The first kappa shape index (κ1) is 9.98. The van der Waals surface area contributed by atoms with Gasteiger partial charge in [-0.1, -0.05) is 24.3 Å². The zero-order chi connectivity index (χ0) is 10.7. The fourth-order valence-corrected chi connectivity index (χ4v) is 1.70. The molecule has 0 saturated carbocycles. The normalized spacial score (nSPS) is 19.8. The predicted molar refractivity (Wildman–Crippen MR) is 57.5 cm³/mol. The average Bonchev–Trinajstić information content (AvgIpc) is 2.66. The van der Waals surface area contributed by atoms with E-state index in [0.29, 0.717) is 13.2 Å². The van der Waals surface area contributed by atoms with E-state index in [1.54, 1.807) is 7.11 Å². The summed E-state index contributed by atoms with van der Waals surface area (Å²) >= 11 is 0. The van der Waals surface area contributed by atoms with Crippen LogP contribution in [-0.2, 0) is 16.1 Å². The third-order valence-electron chi connectivity index (χ3n) is 2.39. The zero-order valence-corrected chi connectivity index (χ0v) is 8.64. The van der Waals surface area contributed by atoms with E-state index in [-0.39, 0.29) is 12.1 Å². The van der Waals surface area contributed by atoms with E-state index < -0.39 is 0 Å². The molecular weight excluding hydrogens is 192 g/mol. The molecule has 0 radical (unpaired) electrons. The second-order valence-electron chi connectivity index (χ2n) is 3.43. The number of aliphatic imine (C=N–C) groups is 1. The Labute approximate surface area is 88.7 Å². The van der Waals surface area contributed by atoms with Crippen molar-refractivity contribution in [2.45, 2.75) is 12.6 Å². The van der Waals surface area contributed by atoms with Crippen LogP contribution in [0.15, 0.2) is 29.3 Å². The Morgan fingerprint density at radius 3 is 3.00 bits per heavy atom. The van der Waals surface area contributed by atoms with E-state index in [2.05, 4.69) is 4.99 Å². The van der Waals surface area contributed by atoms with Crippen LogP contribution in [0.4, 0.5) is 0 Å². The summed E-state index contributed by atoms with van der Waals surface area (Å²) in [6.07, 6.45) is 0. The Balaban J connectivity index is 2.27. The lowest BCUT2D eigenvalue weighted by molar-refractivity contribution is 0.183. The molecule has 0 saturated heterocycles. The van der Waals surface area contributed by atoms with Gasteiger partial charge in [0.15, 0.2) is 0 Å². The number of rotatable bonds is 3. The Morgan fingerprint density at radius 1 is 1.53 bits per heavy atom. The summed E-state index contributed by atoms with van der Waals surface area (Å²) in [6.45, 7) is 1.11. The molecule has 0 fully saturated rings. The summed E-state index contributed by atoms with van der Waals surface area (Å²) in [5.41, 5.74) is 7.74. The van der Waals surface area contributed by atoms with Gasteiger partial charge in [-0.25, -0.2) is 4.99 Å². The van der Waals surface area contributed by atoms with Gasteiger partial charge in [-0.3, -0.25) is 0 Å². The summed E-state index contributed by atoms with van der Waals surface area (Å²) in [5, 5.41) is 0. The molecule has 1 atom stereocenters. The van der Waals surface area contributed by atoms with E-state index in [1.165, 1.54) is 0 Å². The monoisotopic (exact) mass is 206 g/mol. The fraction of sp³-hybridized carbons (Fsp3) is 0.364. The minimum Gasteiger partial charge on any atom is -0.463 e. The van der Waals surface area contributed by atoms with E-state index in [9.17, 15) is 0 Å². The first-order chi connectivity index (χ1) is 7.31. The lowest BCUT2D eigenvalue weighted by Gasteiger charge is -2.11. The van der Waals surface area contributed by atoms with E-state index in [0.717, 1.165) is 11.1 Å². The maximum atomic E-state index is 5.48. The predicted octanol–water partition coefficient (Wildman–Crippen LogP) is 1.22. The van der Waals surface area contributed by atoms with Crippen molar-refractivity contribution in [2.75, 3.05) is 13.7 Å². The number of hydrogen-bond donors (Lipinski definition) is 1. The highest BCUT2D eigenvalue weighted by Gasteiger charge is 2.20. The molecule has 15 heavy (non-hydrogen) atoms. The van der Waals surface area contributed by atoms with Gasteiger partial charge >= 0.3 is 0 Å². The van der Waals surface area contributed by atoms with E-state index in [1.807, 2.05) is 24.3 Å². The van der Waals surface area contributed by atoms with Gasteiger partial charge in [0.05, 0.1) is 6.61 Å². The Bertz CT molecular complexity index is 377.